The molecule has 6 nitrogen and oxygen atoms in total. The van der Waals surface area contributed by atoms with Crippen LogP contribution in [0, 0.1) is 5.41 Å². The van der Waals surface area contributed by atoms with Gasteiger partial charge in [0.2, 0.25) is 5.91 Å². The van der Waals surface area contributed by atoms with Crippen LogP contribution < -0.4 is 16.0 Å². The lowest BCUT2D eigenvalue weighted by molar-refractivity contribution is -0.128. The van der Waals surface area contributed by atoms with Gasteiger partial charge in [-0.1, -0.05) is 6.07 Å². The Balaban J connectivity index is 2.67. The maximum absolute atomic E-state index is 11.9. The summed E-state index contributed by atoms with van der Waals surface area (Å²) in [5.41, 5.74) is -0.343. The number of carbonyl (C=O) groups is 2. The molecule has 0 spiro atoms. The zero-order valence-electron chi connectivity index (χ0n) is 11.7. The highest BCUT2D eigenvalue weighted by Gasteiger charge is 2.27. The van der Waals surface area contributed by atoms with E-state index in [1.807, 2.05) is 0 Å². The fraction of sp³-hybridized carbons (Fsp3) is 0.462. The molecule has 0 saturated carbocycles. The van der Waals surface area contributed by atoms with E-state index in [-0.39, 0.29) is 18.4 Å². The van der Waals surface area contributed by atoms with E-state index in [1.54, 1.807) is 46.1 Å². The molecule has 0 bridgehead atoms. The topological polar surface area (TPSA) is 83.1 Å². The molecule has 1 aromatic rings. The summed E-state index contributed by atoms with van der Waals surface area (Å²) in [7, 11) is 3.31. The molecular weight excluding hydrogens is 244 g/mol. The third-order valence-corrected chi connectivity index (χ3v) is 2.77. The molecule has 3 N–H and O–H groups in total. The maximum atomic E-state index is 11.9. The summed E-state index contributed by atoms with van der Waals surface area (Å²) >= 11 is 0. The van der Waals surface area contributed by atoms with Gasteiger partial charge in [-0.3, -0.25) is 9.59 Å². The van der Waals surface area contributed by atoms with Gasteiger partial charge >= 0.3 is 0 Å². The Hall–Kier alpha value is -2.11. The van der Waals surface area contributed by atoms with E-state index in [0.717, 1.165) is 0 Å². The number of nitrogens with zero attached hydrogens (tertiary/aromatic N) is 1. The first kappa shape index (κ1) is 14.9. The van der Waals surface area contributed by atoms with Gasteiger partial charge in [0.15, 0.2) is 0 Å². The van der Waals surface area contributed by atoms with Crippen LogP contribution in [0.5, 0.6) is 0 Å². The largest absolute Gasteiger partial charge is 0.373 e. The minimum absolute atomic E-state index is 0.121. The van der Waals surface area contributed by atoms with Gasteiger partial charge in [0, 0.05) is 20.6 Å². The molecule has 0 aliphatic rings. The zero-order valence-corrected chi connectivity index (χ0v) is 11.7. The monoisotopic (exact) mass is 264 g/mol. The fourth-order valence-electron chi connectivity index (χ4n) is 1.51. The summed E-state index contributed by atoms with van der Waals surface area (Å²) < 4.78 is 0. The summed E-state index contributed by atoms with van der Waals surface area (Å²) in [6.45, 7) is 3.78. The predicted molar refractivity (Wildman–Crippen MR) is 74.0 cm³/mol. The zero-order chi connectivity index (χ0) is 14.5. The van der Waals surface area contributed by atoms with Crippen molar-refractivity contribution in [3.8, 4) is 0 Å². The standard InChI is InChI=1S/C13H20N4O2/c1-13(2,12(19)15-4)8-16-11(18)9-6-5-7-10(14-3)17-9/h5-7H,8H2,1-4H3,(H,14,17)(H,15,19)(H,16,18). The van der Waals surface area contributed by atoms with Crippen LogP contribution in [0.3, 0.4) is 0 Å². The van der Waals surface area contributed by atoms with Gasteiger partial charge in [0.1, 0.15) is 11.5 Å². The van der Waals surface area contributed by atoms with Crippen molar-refractivity contribution in [3.05, 3.63) is 23.9 Å². The molecule has 19 heavy (non-hydrogen) atoms. The highest BCUT2D eigenvalue weighted by molar-refractivity contribution is 5.93. The van der Waals surface area contributed by atoms with E-state index in [1.165, 1.54) is 0 Å². The van der Waals surface area contributed by atoms with Crippen molar-refractivity contribution in [2.75, 3.05) is 26.0 Å². The number of amides is 2. The van der Waals surface area contributed by atoms with Gasteiger partial charge in [0.05, 0.1) is 5.41 Å². The van der Waals surface area contributed by atoms with E-state index in [2.05, 4.69) is 20.9 Å². The fourth-order valence-corrected chi connectivity index (χ4v) is 1.51. The average Bonchev–Trinajstić information content (AvgIpc) is 2.43. The van der Waals surface area contributed by atoms with E-state index in [4.69, 9.17) is 0 Å². The van der Waals surface area contributed by atoms with Crippen molar-refractivity contribution in [1.82, 2.24) is 15.6 Å². The van der Waals surface area contributed by atoms with Crippen LogP contribution in [0.2, 0.25) is 0 Å². The van der Waals surface area contributed by atoms with E-state index >= 15 is 0 Å². The second-order valence-electron chi connectivity index (χ2n) is 4.80. The predicted octanol–water partition coefficient (Wildman–Crippen LogP) is 0.625. The quantitative estimate of drug-likeness (QED) is 0.728. The summed E-state index contributed by atoms with van der Waals surface area (Å²) in [5.74, 6) is 0.206. The van der Waals surface area contributed by atoms with Crippen molar-refractivity contribution < 1.29 is 9.59 Å². The highest BCUT2D eigenvalue weighted by atomic mass is 16.2. The number of anilines is 1. The summed E-state index contributed by atoms with van der Waals surface area (Å²) in [6, 6.07) is 5.14. The number of rotatable bonds is 5. The van der Waals surface area contributed by atoms with E-state index < -0.39 is 5.41 Å². The molecule has 0 aliphatic carbocycles. The molecule has 2 amide bonds. The lowest BCUT2D eigenvalue weighted by Gasteiger charge is -2.22. The van der Waals surface area contributed by atoms with Crippen molar-refractivity contribution in [3.63, 3.8) is 0 Å². The molecule has 0 atom stereocenters. The van der Waals surface area contributed by atoms with Gasteiger partial charge in [-0.15, -0.1) is 0 Å². The van der Waals surface area contributed by atoms with E-state index in [9.17, 15) is 9.59 Å². The molecular formula is C13H20N4O2. The van der Waals surface area contributed by atoms with E-state index in [0.29, 0.717) is 11.5 Å². The summed E-state index contributed by atoms with van der Waals surface area (Å²) in [5, 5.41) is 8.15. The SMILES string of the molecule is CNC(=O)C(C)(C)CNC(=O)c1cccc(NC)n1. The molecule has 1 aromatic heterocycles. The van der Waals surface area contributed by atoms with Crippen molar-refractivity contribution in [2.45, 2.75) is 13.8 Å². The van der Waals surface area contributed by atoms with Crippen LogP contribution in [0.1, 0.15) is 24.3 Å². The summed E-state index contributed by atoms with van der Waals surface area (Å²) in [4.78, 5) is 27.7. The second kappa shape index (κ2) is 6.17. The molecule has 0 fully saturated rings. The Kier molecular flexibility index (Phi) is 4.86. The Morgan fingerprint density at radius 1 is 1.26 bits per heavy atom. The van der Waals surface area contributed by atoms with Gasteiger partial charge in [-0.2, -0.15) is 0 Å². The first-order valence-corrected chi connectivity index (χ1v) is 6.06. The van der Waals surface area contributed by atoms with Gasteiger partial charge < -0.3 is 16.0 Å². The minimum atomic E-state index is -0.662. The molecule has 1 rings (SSSR count). The number of hydrogen-bond donors (Lipinski definition) is 3. The van der Waals surface area contributed by atoms with Crippen molar-refractivity contribution in [2.24, 2.45) is 5.41 Å². The minimum Gasteiger partial charge on any atom is -0.373 e. The first-order chi connectivity index (χ1) is 8.90. The van der Waals surface area contributed by atoms with Crippen molar-refractivity contribution in [1.29, 1.82) is 0 Å². The normalized spacial score (nSPS) is 10.7. The first-order valence-electron chi connectivity index (χ1n) is 6.06. The molecule has 0 saturated heterocycles. The molecule has 1 heterocycles. The second-order valence-corrected chi connectivity index (χ2v) is 4.80. The van der Waals surface area contributed by atoms with Crippen LogP contribution in [0.4, 0.5) is 5.82 Å². The third kappa shape index (κ3) is 3.94. The van der Waals surface area contributed by atoms with Crippen molar-refractivity contribution >= 4 is 17.6 Å². The molecule has 0 unspecified atom stereocenters. The number of aromatic nitrogens is 1. The Labute approximate surface area is 113 Å². The lowest BCUT2D eigenvalue weighted by atomic mass is 9.92. The number of carbonyl (C=O) groups excluding carboxylic acids is 2. The lowest BCUT2D eigenvalue weighted by Crippen LogP contribution is -2.43. The van der Waals surface area contributed by atoms with Crippen LogP contribution in [0.25, 0.3) is 0 Å². The van der Waals surface area contributed by atoms with Crippen LogP contribution in [-0.2, 0) is 4.79 Å². The molecule has 104 valence electrons. The van der Waals surface area contributed by atoms with Crippen LogP contribution in [0.15, 0.2) is 18.2 Å². The molecule has 6 heteroatoms. The summed E-state index contributed by atoms with van der Waals surface area (Å²) in [6.07, 6.45) is 0. The van der Waals surface area contributed by atoms with Crippen LogP contribution >= 0.6 is 0 Å². The average molecular weight is 264 g/mol. The number of pyridine rings is 1. The smallest absolute Gasteiger partial charge is 0.270 e. The Bertz CT molecular complexity index is 471. The Morgan fingerprint density at radius 3 is 2.53 bits per heavy atom. The van der Waals surface area contributed by atoms with Gasteiger partial charge in [0.25, 0.3) is 5.91 Å². The molecule has 0 radical (unpaired) electrons. The number of hydrogen-bond acceptors (Lipinski definition) is 4. The maximum Gasteiger partial charge on any atom is 0.270 e. The highest BCUT2D eigenvalue weighted by Crippen LogP contribution is 2.13. The van der Waals surface area contributed by atoms with Gasteiger partial charge in [-0.05, 0) is 26.0 Å². The van der Waals surface area contributed by atoms with Crippen LogP contribution in [-0.4, -0.2) is 37.4 Å². The Morgan fingerprint density at radius 2 is 1.95 bits per heavy atom. The van der Waals surface area contributed by atoms with Gasteiger partial charge in [-0.25, -0.2) is 4.98 Å². The number of nitrogens with one attached hydrogen (secondary N) is 3. The molecule has 0 aliphatic heterocycles. The third-order valence-electron chi connectivity index (χ3n) is 2.77. The molecule has 0 aromatic carbocycles.